The van der Waals surface area contributed by atoms with Crippen molar-refractivity contribution in [2.24, 2.45) is 4.99 Å². The fourth-order valence-electron chi connectivity index (χ4n) is 1.65. The summed E-state index contributed by atoms with van der Waals surface area (Å²) in [6.45, 7) is 5.22. The number of thioether (sulfide) groups is 1. The van der Waals surface area contributed by atoms with Crippen LogP contribution in [-0.2, 0) is 10.4 Å². The van der Waals surface area contributed by atoms with E-state index in [1.165, 1.54) is 29.0 Å². The Morgan fingerprint density at radius 1 is 1.25 bits per heavy atom. The summed E-state index contributed by atoms with van der Waals surface area (Å²) < 4.78 is 31.6. The molecule has 0 atom stereocenters. The number of hydrogen-bond acceptors (Lipinski definition) is 5. The molecule has 0 amide bonds. The smallest absolute Gasteiger partial charge is 0.335 e. The van der Waals surface area contributed by atoms with Crippen molar-refractivity contribution in [1.29, 1.82) is 0 Å². The Morgan fingerprint density at radius 3 is 2.25 bits per heavy atom. The zero-order chi connectivity index (χ0) is 15.2. The molecular weight excluding hydrogens is 300 g/mol. The second kappa shape index (κ2) is 7.63. The third-order valence-electron chi connectivity index (χ3n) is 2.51. The van der Waals surface area contributed by atoms with Crippen molar-refractivity contribution in [1.82, 2.24) is 0 Å². The molecule has 0 fully saturated rings. The Labute approximate surface area is 123 Å². The summed E-state index contributed by atoms with van der Waals surface area (Å²) in [6.07, 6.45) is 1.20. The molecule has 6 nitrogen and oxygen atoms in total. The molecule has 0 aliphatic carbocycles. The highest BCUT2D eigenvalue weighted by atomic mass is 32.3. The van der Waals surface area contributed by atoms with E-state index < -0.39 is 10.4 Å². The maximum Gasteiger partial charge on any atom is 0.394 e. The minimum atomic E-state index is -4.67. The lowest BCUT2D eigenvalue weighted by atomic mass is 10.1. The van der Waals surface area contributed by atoms with E-state index in [0.29, 0.717) is 0 Å². The molecule has 1 aliphatic heterocycles. The Bertz CT molecular complexity index is 557. The molecule has 8 heteroatoms. The third kappa shape index (κ3) is 6.90. The highest BCUT2D eigenvalue weighted by molar-refractivity contribution is 8.14. The van der Waals surface area contributed by atoms with Crippen molar-refractivity contribution in [3.05, 3.63) is 29.3 Å². The minimum Gasteiger partial charge on any atom is -0.335 e. The van der Waals surface area contributed by atoms with Gasteiger partial charge in [-0.3, -0.25) is 14.1 Å². The lowest BCUT2D eigenvalue weighted by Gasteiger charge is -2.16. The summed E-state index contributed by atoms with van der Waals surface area (Å²) in [6, 6.07) is 6.35. The van der Waals surface area contributed by atoms with Crippen LogP contribution in [0.2, 0.25) is 0 Å². The van der Waals surface area contributed by atoms with Crippen molar-refractivity contribution < 1.29 is 17.5 Å². The van der Waals surface area contributed by atoms with Gasteiger partial charge < -0.3 is 5.32 Å². The van der Waals surface area contributed by atoms with E-state index in [-0.39, 0.29) is 0 Å². The van der Waals surface area contributed by atoms with Gasteiger partial charge in [0.05, 0.1) is 0 Å². The molecule has 1 heterocycles. The summed E-state index contributed by atoms with van der Waals surface area (Å²) in [4.78, 5) is 4.48. The maximum absolute atomic E-state index is 8.74. The first-order valence-electron chi connectivity index (χ1n) is 5.98. The van der Waals surface area contributed by atoms with Crippen LogP contribution in [0, 0.1) is 13.8 Å². The first-order valence-corrected chi connectivity index (χ1v) is 8.36. The summed E-state index contributed by atoms with van der Waals surface area (Å²) in [5, 5.41) is 4.50. The molecule has 0 unspecified atom stereocenters. The molecule has 20 heavy (non-hydrogen) atoms. The average molecular weight is 318 g/mol. The molecule has 0 saturated heterocycles. The van der Waals surface area contributed by atoms with Crippen LogP contribution in [0.1, 0.15) is 17.5 Å². The number of anilines is 1. The second-order valence-corrected chi connectivity index (χ2v) is 6.21. The van der Waals surface area contributed by atoms with Crippen LogP contribution in [0.15, 0.2) is 23.2 Å². The van der Waals surface area contributed by atoms with Crippen LogP contribution >= 0.6 is 11.8 Å². The summed E-state index contributed by atoms with van der Waals surface area (Å²) in [5.74, 6) is 1.18. The predicted molar refractivity (Wildman–Crippen MR) is 83.1 cm³/mol. The molecular formula is C12H18N2O4S2. The summed E-state index contributed by atoms with van der Waals surface area (Å²) in [7, 11) is -4.67. The number of benzene rings is 1. The van der Waals surface area contributed by atoms with Gasteiger partial charge in [-0.05, 0) is 31.4 Å². The number of aliphatic imine (C=N–C) groups is 1. The number of nitrogens with zero attached hydrogens (tertiary/aromatic N) is 1. The van der Waals surface area contributed by atoms with E-state index in [2.05, 4.69) is 42.4 Å². The maximum atomic E-state index is 8.74. The molecule has 0 spiro atoms. The quantitative estimate of drug-likeness (QED) is 0.688. The molecule has 0 saturated carbocycles. The predicted octanol–water partition coefficient (Wildman–Crippen LogP) is 2.56. The van der Waals surface area contributed by atoms with Gasteiger partial charge >= 0.3 is 10.4 Å². The Morgan fingerprint density at radius 2 is 1.80 bits per heavy atom. The average Bonchev–Trinajstić information content (AvgIpc) is 2.33. The fraction of sp³-hybridized carbons (Fsp3) is 0.417. The molecule has 1 aromatic rings. The number of para-hydroxylation sites is 1. The minimum absolute atomic E-state index is 0.959. The van der Waals surface area contributed by atoms with Gasteiger partial charge in [0.15, 0.2) is 5.17 Å². The molecule has 2 rings (SSSR count). The van der Waals surface area contributed by atoms with E-state index in [9.17, 15) is 0 Å². The fourth-order valence-corrected chi connectivity index (χ4v) is 2.48. The van der Waals surface area contributed by atoms with E-state index in [1.54, 1.807) is 0 Å². The van der Waals surface area contributed by atoms with Crippen LogP contribution in [0.5, 0.6) is 0 Å². The van der Waals surface area contributed by atoms with Gasteiger partial charge in [-0.2, -0.15) is 8.42 Å². The van der Waals surface area contributed by atoms with Gasteiger partial charge in [-0.15, -0.1) is 0 Å². The molecule has 3 N–H and O–H groups in total. The van der Waals surface area contributed by atoms with Crippen LogP contribution in [0.3, 0.4) is 0 Å². The van der Waals surface area contributed by atoms with E-state index in [1.807, 2.05) is 11.8 Å². The van der Waals surface area contributed by atoms with Gasteiger partial charge in [0.2, 0.25) is 0 Å². The molecule has 0 radical (unpaired) electrons. The molecule has 1 aliphatic rings. The summed E-state index contributed by atoms with van der Waals surface area (Å²) >= 11 is 1.81. The number of aryl methyl sites for hydroxylation is 2. The Hall–Kier alpha value is -1.09. The number of rotatable bonds is 1. The lowest BCUT2D eigenvalue weighted by Crippen LogP contribution is -2.14. The van der Waals surface area contributed by atoms with E-state index in [0.717, 1.165) is 11.7 Å². The largest absolute Gasteiger partial charge is 0.394 e. The number of hydrogen-bond donors (Lipinski definition) is 3. The molecule has 1 aromatic carbocycles. The number of amidine groups is 1. The van der Waals surface area contributed by atoms with Gasteiger partial charge in [0.1, 0.15) is 0 Å². The van der Waals surface area contributed by atoms with Crippen molar-refractivity contribution in [2.45, 2.75) is 20.3 Å². The topological polar surface area (TPSA) is 99.0 Å². The van der Waals surface area contributed by atoms with Gasteiger partial charge in [0, 0.05) is 18.0 Å². The van der Waals surface area contributed by atoms with Crippen molar-refractivity contribution in [3.63, 3.8) is 0 Å². The summed E-state index contributed by atoms with van der Waals surface area (Å²) in [5.41, 5.74) is 3.78. The first-order chi connectivity index (χ1) is 9.27. The molecule has 112 valence electrons. The second-order valence-electron chi connectivity index (χ2n) is 4.23. The lowest BCUT2D eigenvalue weighted by molar-refractivity contribution is 0.381. The monoisotopic (exact) mass is 318 g/mol. The molecule has 0 bridgehead atoms. The SMILES string of the molecule is Cc1cccc(C)c1NC1=NCCCS1.O=S(=O)(O)O. The zero-order valence-corrected chi connectivity index (χ0v) is 13.0. The highest BCUT2D eigenvalue weighted by Crippen LogP contribution is 2.22. The van der Waals surface area contributed by atoms with Gasteiger partial charge in [-0.25, -0.2) is 0 Å². The van der Waals surface area contributed by atoms with E-state index >= 15 is 0 Å². The third-order valence-corrected chi connectivity index (χ3v) is 3.51. The van der Waals surface area contributed by atoms with Crippen LogP contribution < -0.4 is 5.32 Å². The first kappa shape index (κ1) is 17.0. The van der Waals surface area contributed by atoms with Crippen LogP contribution in [-0.4, -0.2) is 35.0 Å². The molecule has 0 aromatic heterocycles. The number of nitrogens with one attached hydrogen (secondary N) is 1. The zero-order valence-electron chi connectivity index (χ0n) is 11.3. The Kier molecular flexibility index (Phi) is 6.47. The van der Waals surface area contributed by atoms with Gasteiger partial charge in [-0.1, -0.05) is 30.0 Å². The van der Waals surface area contributed by atoms with Crippen molar-refractivity contribution in [3.8, 4) is 0 Å². The standard InChI is InChI=1S/C12H16N2S.H2O4S/c1-9-5-3-6-10(2)11(9)14-12-13-7-4-8-15-12;1-5(2,3)4/h3,5-6H,4,7-8H2,1-2H3,(H,13,14);(H2,1,2,3,4). The normalized spacial score (nSPS) is 14.9. The highest BCUT2D eigenvalue weighted by Gasteiger charge is 2.08. The van der Waals surface area contributed by atoms with Gasteiger partial charge in [0.25, 0.3) is 0 Å². The Balaban J connectivity index is 0.000000347. The van der Waals surface area contributed by atoms with Crippen LogP contribution in [0.4, 0.5) is 5.69 Å². The van der Waals surface area contributed by atoms with Crippen molar-refractivity contribution in [2.75, 3.05) is 17.6 Å². The van der Waals surface area contributed by atoms with Crippen LogP contribution in [0.25, 0.3) is 0 Å². The van der Waals surface area contributed by atoms with E-state index in [4.69, 9.17) is 17.5 Å². The van der Waals surface area contributed by atoms with Crippen molar-refractivity contribution >= 4 is 33.0 Å².